The molecule has 0 saturated carbocycles. The molecule has 0 radical (unpaired) electrons. The summed E-state index contributed by atoms with van der Waals surface area (Å²) in [7, 11) is 0. The van der Waals surface area contributed by atoms with Gasteiger partial charge in [-0.1, -0.05) is 44.2 Å². The summed E-state index contributed by atoms with van der Waals surface area (Å²) in [4.78, 5) is 42.0. The standard InChI is InChI=1S/C22H32N4O4/c1-16(2)19(24-22(29)25-11-13-30-14-12-25)21(28)26-10-6-9-18(26)20(27)23-15-17-7-4-3-5-8-17/h3-5,7-8,16,18-19H,6,9-15H2,1-2H3,(H,23,27)(H,24,29)/t18-,19-/m0/s1. The molecular formula is C22H32N4O4. The topological polar surface area (TPSA) is 91.0 Å². The van der Waals surface area contributed by atoms with Gasteiger partial charge in [-0.25, -0.2) is 4.79 Å². The average molecular weight is 417 g/mol. The number of carbonyl (C=O) groups excluding carboxylic acids is 3. The molecule has 2 atom stereocenters. The molecule has 2 aliphatic rings. The Kier molecular flexibility index (Phi) is 7.68. The Balaban J connectivity index is 1.61. The number of carbonyl (C=O) groups is 3. The SMILES string of the molecule is CC(C)[C@H](NC(=O)N1CCOCC1)C(=O)N1CCC[C@H]1C(=O)NCc1ccccc1. The van der Waals surface area contributed by atoms with Gasteiger partial charge in [0.25, 0.3) is 0 Å². The summed E-state index contributed by atoms with van der Waals surface area (Å²) in [6, 6.07) is 8.27. The minimum atomic E-state index is -0.664. The second-order valence-corrected chi connectivity index (χ2v) is 8.16. The number of nitrogens with zero attached hydrogens (tertiary/aromatic N) is 2. The molecule has 0 bridgehead atoms. The predicted molar refractivity (Wildman–Crippen MR) is 113 cm³/mol. The number of hydrogen-bond donors (Lipinski definition) is 2. The molecule has 2 aliphatic heterocycles. The molecule has 8 nitrogen and oxygen atoms in total. The molecule has 8 heteroatoms. The first-order valence-electron chi connectivity index (χ1n) is 10.7. The Morgan fingerprint density at radius 2 is 1.80 bits per heavy atom. The van der Waals surface area contributed by atoms with E-state index in [1.165, 1.54) is 0 Å². The van der Waals surface area contributed by atoms with Crippen LogP contribution in [0.5, 0.6) is 0 Å². The van der Waals surface area contributed by atoms with Crippen molar-refractivity contribution in [3.05, 3.63) is 35.9 Å². The lowest BCUT2D eigenvalue weighted by molar-refractivity contribution is -0.140. The number of rotatable bonds is 6. The van der Waals surface area contributed by atoms with Gasteiger partial charge < -0.3 is 25.2 Å². The van der Waals surface area contributed by atoms with E-state index in [0.29, 0.717) is 45.8 Å². The fourth-order valence-electron chi connectivity index (χ4n) is 3.89. The summed E-state index contributed by atoms with van der Waals surface area (Å²) in [6.45, 7) is 6.80. The number of ether oxygens (including phenoxy) is 1. The summed E-state index contributed by atoms with van der Waals surface area (Å²) >= 11 is 0. The number of nitrogens with one attached hydrogen (secondary N) is 2. The Morgan fingerprint density at radius 1 is 1.10 bits per heavy atom. The number of benzene rings is 1. The minimum absolute atomic E-state index is 0.0869. The van der Waals surface area contributed by atoms with Crippen LogP contribution in [-0.4, -0.2) is 72.6 Å². The molecule has 1 aromatic carbocycles. The van der Waals surface area contributed by atoms with E-state index in [1.54, 1.807) is 9.80 Å². The lowest BCUT2D eigenvalue weighted by Crippen LogP contribution is -2.58. The van der Waals surface area contributed by atoms with Crippen molar-refractivity contribution in [1.82, 2.24) is 20.4 Å². The first-order chi connectivity index (χ1) is 14.5. The quantitative estimate of drug-likeness (QED) is 0.733. The Labute approximate surface area is 177 Å². The summed E-state index contributed by atoms with van der Waals surface area (Å²) in [5, 5.41) is 5.83. The van der Waals surface area contributed by atoms with Crippen molar-refractivity contribution in [3.63, 3.8) is 0 Å². The second-order valence-electron chi connectivity index (χ2n) is 8.16. The maximum atomic E-state index is 13.3. The molecule has 2 fully saturated rings. The molecule has 4 amide bonds. The van der Waals surface area contributed by atoms with Crippen LogP contribution in [-0.2, 0) is 20.9 Å². The molecule has 164 valence electrons. The third-order valence-corrected chi connectivity index (χ3v) is 5.66. The molecule has 0 unspecified atom stereocenters. The van der Waals surface area contributed by atoms with Crippen LogP contribution in [0.25, 0.3) is 0 Å². The van der Waals surface area contributed by atoms with Gasteiger partial charge in [0, 0.05) is 26.2 Å². The van der Waals surface area contributed by atoms with E-state index >= 15 is 0 Å². The number of likely N-dealkylation sites (tertiary alicyclic amines) is 1. The van der Waals surface area contributed by atoms with Gasteiger partial charge in [-0.05, 0) is 24.3 Å². The molecule has 1 aromatic rings. The van der Waals surface area contributed by atoms with Gasteiger partial charge in [0.1, 0.15) is 12.1 Å². The van der Waals surface area contributed by atoms with Gasteiger partial charge >= 0.3 is 6.03 Å². The highest BCUT2D eigenvalue weighted by molar-refractivity contribution is 5.92. The molecule has 30 heavy (non-hydrogen) atoms. The van der Waals surface area contributed by atoms with Gasteiger partial charge in [-0.2, -0.15) is 0 Å². The Hall–Kier alpha value is -2.61. The van der Waals surface area contributed by atoms with Crippen LogP contribution in [0.3, 0.4) is 0 Å². The molecule has 2 saturated heterocycles. The molecule has 0 aliphatic carbocycles. The van der Waals surface area contributed by atoms with Gasteiger partial charge in [-0.15, -0.1) is 0 Å². The van der Waals surface area contributed by atoms with Gasteiger partial charge in [0.05, 0.1) is 13.2 Å². The maximum absolute atomic E-state index is 13.3. The van der Waals surface area contributed by atoms with E-state index in [1.807, 2.05) is 44.2 Å². The van der Waals surface area contributed by atoms with Crippen molar-refractivity contribution in [1.29, 1.82) is 0 Å². The number of hydrogen-bond acceptors (Lipinski definition) is 4. The number of morpholine rings is 1. The first-order valence-corrected chi connectivity index (χ1v) is 10.7. The molecule has 2 heterocycles. The zero-order valence-corrected chi connectivity index (χ0v) is 17.8. The van der Waals surface area contributed by atoms with E-state index in [4.69, 9.17) is 4.74 Å². The molecule has 0 aromatic heterocycles. The highest BCUT2D eigenvalue weighted by Gasteiger charge is 2.39. The summed E-state index contributed by atoms with van der Waals surface area (Å²) in [6.07, 6.45) is 1.41. The predicted octanol–water partition coefficient (Wildman–Crippen LogP) is 1.36. The van der Waals surface area contributed by atoms with E-state index in [2.05, 4.69) is 10.6 Å². The zero-order chi connectivity index (χ0) is 21.5. The van der Waals surface area contributed by atoms with Crippen LogP contribution < -0.4 is 10.6 Å². The minimum Gasteiger partial charge on any atom is -0.378 e. The van der Waals surface area contributed by atoms with Crippen molar-refractivity contribution >= 4 is 17.8 Å². The summed E-state index contributed by atoms with van der Waals surface area (Å²) in [5.74, 6) is -0.424. The zero-order valence-electron chi connectivity index (χ0n) is 17.8. The lowest BCUT2D eigenvalue weighted by Gasteiger charge is -2.33. The van der Waals surface area contributed by atoms with E-state index in [0.717, 1.165) is 12.0 Å². The van der Waals surface area contributed by atoms with Crippen LogP contribution >= 0.6 is 0 Å². The number of urea groups is 1. The van der Waals surface area contributed by atoms with E-state index in [9.17, 15) is 14.4 Å². The third kappa shape index (κ3) is 5.50. The number of amides is 4. The lowest BCUT2D eigenvalue weighted by atomic mass is 10.0. The molecule has 3 rings (SSSR count). The van der Waals surface area contributed by atoms with E-state index in [-0.39, 0.29) is 23.8 Å². The summed E-state index contributed by atoms with van der Waals surface area (Å²) < 4.78 is 5.29. The first kappa shape index (κ1) is 22.1. The molecule has 0 spiro atoms. The second kappa shape index (κ2) is 10.4. The van der Waals surface area contributed by atoms with Crippen molar-refractivity contribution in [2.45, 2.75) is 45.3 Å². The normalized spacial score (nSPS) is 20.2. The molecule has 2 N–H and O–H groups in total. The largest absolute Gasteiger partial charge is 0.378 e. The van der Waals surface area contributed by atoms with Crippen LogP contribution in [0.2, 0.25) is 0 Å². The van der Waals surface area contributed by atoms with Crippen LogP contribution in [0.4, 0.5) is 4.79 Å². The van der Waals surface area contributed by atoms with Crippen molar-refractivity contribution < 1.29 is 19.1 Å². The third-order valence-electron chi connectivity index (χ3n) is 5.66. The maximum Gasteiger partial charge on any atom is 0.318 e. The Morgan fingerprint density at radius 3 is 2.47 bits per heavy atom. The van der Waals surface area contributed by atoms with Gasteiger partial charge in [-0.3, -0.25) is 9.59 Å². The van der Waals surface area contributed by atoms with Crippen molar-refractivity contribution in [2.75, 3.05) is 32.8 Å². The van der Waals surface area contributed by atoms with E-state index < -0.39 is 12.1 Å². The monoisotopic (exact) mass is 416 g/mol. The van der Waals surface area contributed by atoms with Gasteiger partial charge in [0.15, 0.2) is 0 Å². The van der Waals surface area contributed by atoms with Crippen LogP contribution in [0, 0.1) is 5.92 Å². The van der Waals surface area contributed by atoms with Crippen LogP contribution in [0.1, 0.15) is 32.3 Å². The van der Waals surface area contributed by atoms with Gasteiger partial charge in [0.2, 0.25) is 11.8 Å². The Bertz CT molecular complexity index is 734. The highest BCUT2D eigenvalue weighted by atomic mass is 16.5. The fourth-order valence-corrected chi connectivity index (χ4v) is 3.89. The smallest absolute Gasteiger partial charge is 0.318 e. The average Bonchev–Trinajstić information content (AvgIpc) is 3.26. The summed E-state index contributed by atoms with van der Waals surface area (Å²) in [5.41, 5.74) is 1.01. The molecular weight excluding hydrogens is 384 g/mol. The fraction of sp³-hybridized carbons (Fsp3) is 0.591. The van der Waals surface area contributed by atoms with Crippen molar-refractivity contribution in [2.24, 2.45) is 5.92 Å². The van der Waals surface area contributed by atoms with Crippen molar-refractivity contribution in [3.8, 4) is 0 Å². The highest BCUT2D eigenvalue weighted by Crippen LogP contribution is 2.21. The van der Waals surface area contributed by atoms with Crippen LogP contribution in [0.15, 0.2) is 30.3 Å².